The molecule has 0 fully saturated rings. The lowest BCUT2D eigenvalue weighted by atomic mass is 10.0. The van der Waals surface area contributed by atoms with E-state index in [1.54, 1.807) is 42.5 Å². The highest BCUT2D eigenvalue weighted by Gasteiger charge is 2.31. The van der Waals surface area contributed by atoms with Gasteiger partial charge in [-0.15, -0.1) is 0 Å². The molecule has 13 heteroatoms. The molecule has 0 aliphatic carbocycles. The number of carboxylic acids is 2. The van der Waals surface area contributed by atoms with E-state index in [1.807, 2.05) is 0 Å². The number of benzene rings is 3. The van der Waals surface area contributed by atoms with E-state index < -0.39 is 54.3 Å². The summed E-state index contributed by atoms with van der Waals surface area (Å²) in [5.41, 5.74) is 1.04. The monoisotopic (exact) mass is 801 g/mol. The number of hydrogen-bond donors (Lipinski definition) is 6. The standard InChI is InChI=1S/C45H59N3O10/c1-2-3-4-5-6-7-8-9-10-11-12-13-17-20-39(50)46-38(31-32-21-25-35(49)26-22-32)43(54)47-37(29-30-40(51)52)42(53)48-41(44(55)56)33-23-27-36(28-24-33)58-45(57)34-18-15-14-16-19-34/h14-16,18-19,21-28,37-38,41,49H,2-13,17,20,29-31H2,1H3,(H,46,50)(H,47,54)(H,48,53)(H,51,52)(H,55,56)/t37-,38-,41-/m0/s1. The van der Waals surface area contributed by atoms with Crippen molar-refractivity contribution in [2.24, 2.45) is 0 Å². The van der Waals surface area contributed by atoms with Gasteiger partial charge in [-0.05, 0) is 60.4 Å². The molecule has 0 aliphatic rings. The number of phenols is 1. The number of carboxylic acid groups (broad SMARTS) is 2. The Balaban J connectivity index is 1.61. The topological polar surface area (TPSA) is 208 Å². The predicted octanol–water partition coefficient (Wildman–Crippen LogP) is 7.41. The highest BCUT2D eigenvalue weighted by atomic mass is 16.5. The molecule has 3 rings (SSSR count). The van der Waals surface area contributed by atoms with Crippen molar-refractivity contribution >= 4 is 35.6 Å². The van der Waals surface area contributed by atoms with Crippen molar-refractivity contribution in [1.82, 2.24) is 16.0 Å². The van der Waals surface area contributed by atoms with Gasteiger partial charge in [0.15, 0.2) is 6.04 Å². The Morgan fingerprint density at radius 1 is 0.603 bits per heavy atom. The van der Waals surface area contributed by atoms with Crippen LogP contribution in [0.15, 0.2) is 78.9 Å². The van der Waals surface area contributed by atoms with Crippen LogP contribution in [0.2, 0.25) is 0 Å². The number of nitrogens with one attached hydrogen (secondary N) is 3. The number of aromatic hydroxyl groups is 1. The van der Waals surface area contributed by atoms with Crippen LogP contribution in [0.4, 0.5) is 0 Å². The number of carbonyl (C=O) groups is 6. The molecule has 0 heterocycles. The van der Waals surface area contributed by atoms with Gasteiger partial charge in [0.1, 0.15) is 23.6 Å². The SMILES string of the molecule is CCCCCCCCCCCCCCCC(=O)N[C@@H](Cc1ccc(O)cc1)C(=O)N[C@@H](CCC(=O)O)C(=O)N[C@H](C(=O)O)c1ccc(OC(=O)c2ccccc2)cc1. The van der Waals surface area contributed by atoms with E-state index >= 15 is 0 Å². The highest BCUT2D eigenvalue weighted by molar-refractivity contribution is 5.94. The van der Waals surface area contributed by atoms with Gasteiger partial charge >= 0.3 is 17.9 Å². The van der Waals surface area contributed by atoms with Gasteiger partial charge in [0, 0.05) is 19.3 Å². The zero-order chi connectivity index (χ0) is 42.1. The first-order chi connectivity index (χ1) is 28.0. The van der Waals surface area contributed by atoms with E-state index in [0.717, 1.165) is 19.3 Å². The molecule has 0 spiro atoms. The Hall–Kier alpha value is -5.72. The third kappa shape index (κ3) is 18.0. The summed E-state index contributed by atoms with van der Waals surface area (Å²) in [5.74, 6) is -5.24. The molecule has 58 heavy (non-hydrogen) atoms. The molecule has 0 aliphatic heterocycles. The summed E-state index contributed by atoms with van der Waals surface area (Å²) in [6.07, 6.45) is 14.3. The minimum absolute atomic E-state index is 0.00265. The van der Waals surface area contributed by atoms with Crippen LogP contribution in [0, 0.1) is 0 Å². The quantitative estimate of drug-likeness (QED) is 0.0243. The van der Waals surface area contributed by atoms with Crippen molar-refractivity contribution in [1.29, 1.82) is 0 Å². The summed E-state index contributed by atoms with van der Waals surface area (Å²) >= 11 is 0. The molecule has 3 aromatic rings. The van der Waals surface area contributed by atoms with E-state index in [0.29, 0.717) is 17.5 Å². The van der Waals surface area contributed by atoms with Gasteiger partial charge in [-0.1, -0.05) is 126 Å². The molecule has 3 atom stereocenters. The fourth-order valence-corrected chi connectivity index (χ4v) is 6.45. The third-order valence-electron chi connectivity index (χ3n) is 9.78. The molecule has 6 N–H and O–H groups in total. The van der Waals surface area contributed by atoms with Gasteiger partial charge in [0.25, 0.3) is 0 Å². The van der Waals surface area contributed by atoms with Crippen LogP contribution in [0.3, 0.4) is 0 Å². The largest absolute Gasteiger partial charge is 0.508 e. The molecular weight excluding hydrogens is 743 g/mol. The second-order valence-corrected chi connectivity index (χ2v) is 14.6. The molecule has 0 aromatic heterocycles. The zero-order valence-electron chi connectivity index (χ0n) is 33.5. The number of amides is 3. The number of ether oxygens (including phenoxy) is 1. The molecule has 0 bridgehead atoms. The van der Waals surface area contributed by atoms with Crippen molar-refractivity contribution in [3.63, 3.8) is 0 Å². The van der Waals surface area contributed by atoms with Crippen molar-refractivity contribution < 1.29 is 48.8 Å². The average Bonchev–Trinajstić information content (AvgIpc) is 3.21. The second kappa shape index (κ2) is 26.2. The Labute approximate surface area is 341 Å². The van der Waals surface area contributed by atoms with Crippen molar-refractivity contribution in [3.8, 4) is 11.5 Å². The summed E-state index contributed by atoms with van der Waals surface area (Å²) < 4.78 is 5.35. The van der Waals surface area contributed by atoms with Crippen molar-refractivity contribution in [3.05, 3.63) is 95.6 Å². The van der Waals surface area contributed by atoms with Crippen LogP contribution in [-0.2, 0) is 30.4 Å². The fraction of sp³-hybridized carbons (Fsp3) is 0.467. The van der Waals surface area contributed by atoms with Gasteiger partial charge in [-0.2, -0.15) is 0 Å². The maximum atomic E-state index is 13.8. The number of unbranched alkanes of at least 4 members (excludes halogenated alkanes) is 12. The summed E-state index contributed by atoms with van der Waals surface area (Å²) in [5, 5.41) is 36.9. The van der Waals surface area contributed by atoms with E-state index in [4.69, 9.17) is 4.74 Å². The smallest absolute Gasteiger partial charge is 0.343 e. The molecule has 13 nitrogen and oxygen atoms in total. The molecule has 0 radical (unpaired) electrons. The average molecular weight is 802 g/mol. The first-order valence-electron chi connectivity index (χ1n) is 20.5. The first kappa shape index (κ1) is 46.7. The number of phenolic OH excluding ortho intramolecular Hbond substituents is 1. The van der Waals surface area contributed by atoms with E-state index in [-0.39, 0.29) is 42.2 Å². The molecule has 3 amide bonds. The Morgan fingerprint density at radius 2 is 1.16 bits per heavy atom. The maximum absolute atomic E-state index is 13.8. The molecule has 0 saturated carbocycles. The van der Waals surface area contributed by atoms with Crippen LogP contribution in [0.5, 0.6) is 11.5 Å². The summed E-state index contributed by atoms with van der Waals surface area (Å²) in [6.45, 7) is 2.22. The van der Waals surface area contributed by atoms with Gasteiger partial charge < -0.3 is 36.0 Å². The van der Waals surface area contributed by atoms with Crippen LogP contribution in [0.25, 0.3) is 0 Å². The van der Waals surface area contributed by atoms with Crippen LogP contribution in [0.1, 0.15) is 137 Å². The van der Waals surface area contributed by atoms with Crippen molar-refractivity contribution in [2.45, 2.75) is 134 Å². The number of hydrogen-bond acceptors (Lipinski definition) is 8. The van der Waals surface area contributed by atoms with Gasteiger partial charge in [-0.25, -0.2) is 9.59 Å². The predicted molar refractivity (Wildman–Crippen MR) is 219 cm³/mol. The lowest BCUT2D eigenvalue weighted by Crippen LogP contribution is -2.55. The van der Waals surface area contributed by atoms with Gasteiger partial charge in [0.05, 0.1) is 5.56 Å². The summed E-state index contributed by atoms with van der Waals surface area (Å²) in [7, 11) is 0. The minimum atomic E-state index is -1.61. The van der Waals surface area contributed by atoms with E-state index in [2.05, 4.69) is 22.9 Å². The maximum Gasteiger partial charge on any atom is 0.343 e. The van der Waals surface area contributed by atoms with Gasteiger partial charge in [-0.3, -0.25) is 19.2 Å². The summed E-state index contributed by atoms with van der Waals surface area (Å²) in [4.78, 5) is 76.7. The van der Waals surface area contributed by atoms with Crippen LogP contribution in [-0.4, -0.2) is 63.0 Å². The first-order valence-corrected chi connectivity index (χ1v) is 20.5. The third-order valence-corrected chi connectivity index (χ3v) is 9.78. The minimum Gasteiger partial charge on any atom is -0.508 e. The van der Waals surface area contributed by atoms with Crippen LogP contribution >= 0.6 is 0 Å². The molecule has 0 saturated heterocycles. The molecule has 0 unspecified atom stereocenters. The summed E-state index contributed by atoms with van der Waals surface area (Å²) in [6, 6.07) is 15.5. The zero-order valence-corrected chi connectivity index (χ0v) is 33.5. The molecule has 314 valence electrons. The molecule has 3 aromatic carbocycles. The van der Waals surface area contributed by atoms with E-state index in [9.17, 15) is 44.1 Å². The van der Waals surface area contributed by atoms with Crippen LogP contribution < -0.4 is 20.7 Å². The van der Waals surface area contributed by atoms with Crippen molar-refractivity contribution in [2.75, 3.05) is 0 Å². The number of carbonyl (C=O) groups excluding carboxylic acids is 4. The number of aliphatic carboxylic acids is 2. The van der Waals surface area contributed by atoms with Gasteiger partial charge in [0.2, 0.25) is 17.7 Å². The van der Waals surface area contributed by atoms with E-state index in [1.165, 1.54) is 94.2 Å². The Kier molecular flexibility index (Phi) is 21.1. The Morgan fingerprint density at radius 3 is 1.71 bits per heavy atom. The normalized spacial score (nSPS) is 12.4. The second-order valence-electron chi connectivity index (χ2n) is 14.6. The lowest BCUT2D eigenvalue weighted by Gasteiger charge is -2.24. The Bertz CT molecular complexity index is 1730. The molecular formula is C45H59N3O10. The fourth-order valence-electron chi connectivity index (χ4n) is 6.45. The number of rotatable bonds is 28. The highest BCUT2D eigenvalue weighted by Crippen LogP contribution is 2.21. The number of esters is 1. The lowest BCUT2D eigenvalue weighted by molar-refractivity contribution is -0.143.